The van der Waals surface area contributed by atoms with E-state index in [1.807, 2.05) is 48.5 Å². The summed E-state index contributed by atoms with van der Waals surface area (Å²) in [6.07, 6.45) is 3.27. The Morgan fingerprint density at radius 3 is 2.48 bits per heavy atom. The van der Waals surface area contributed by atoms with E-state index in [2.05, 4.69) is 9.71 Å². The maximum absolute atomic E-state index is 12.8. The highest BCUT2D eigenvalue weighted by Gasteiger charge is 2.17. The molecule has 0 amide bonds. The van der Waals surface area contributed by atoms with Crippen LogP contribution >= 0.6 is 0 Å². The first-order valence-electron chi connectivity index (χ1n) is 7.94. The lowest BCUT2D eigenvalue weighted by Gasteiger charge is -2.11. The van der Waals surface area contributed by atoms with Crippen LogP contribution in [0.25, 0.3) is 21.5 Å². The summed E-state index contributed by atoms with van der Waals surface area (Å²) in [5.74, 6) is 0. The fourth-order valence-electron chi connectivity index (χ4n) is 3.02. The number of nitrogens with one attached hydrogen (secondary N) is 1. The zero-order valence-corrected chi connectivity index (χ0v) is 14.2. The number of sulfonamides is 1. The number of hydrogen-bond donors (Lipinski definition) is 1. The van der Waals surface area contributed by atoms with E-state index in [1.54, 1.807) is 30.6 Å². The van der Waals surface area contributed by atoms with Gasteiger partial charge in [0.25, 0.3) is 0 Å². The molecule has 0 radical (unpaired) electrons. The monoisotopic (exact) mass is 348 g/mol. The van der Waals surface area contributed by atoms with E-state index in [0.29, 0.717) is 5.39 Å². The molecule has 5 heteroatoms. The van der Waals surface area contributed by atoms with E-state index in [4.69, 9.17) is 0 Å². The van der Waals surface area contributed by atoms with Gasteiger partial charge in [-0.3, -0.25) is 4.98 Å². The van der Waals surface area contributed by atoms with Gasteiger partial charge in [-0.2, -0.15) is 0 Å². The highest BCUT2D eigenvalue weighted by Crippen LogP contribution is 2.23. The molecule has 0 saturated carbocycles. The Kier molecular flexibility index (Phi) is 3.95. The first-order valence-corrected chi connectivity index (χ1v) is 9.42. The third-order valence-corrected chi connectivity index (χ3v) is 5.72. The first-order chi connectivity index (χ1) is 12.1. The molecule has 0 aliphatic rings. The van der Waals surface area contributed by atoms with E-state index in [1.165, 1.54) is 0 Å². The summed E-state index contributed by atoms with van der Waals surface area (Å²) in [5, 5.41) is 3.61. The number of hydrogen-bond acceptors (Lipinski definition) is 3. The maximum atomic E-state index is 12.8. The summed E-state index contributed by atoms with van der Waals surface area (Å²) in [7, 11) is -3.63. The van der Waals surface area contributed by atoms with Crippen molar-refractivity contribution in [1.82, 2.24) is 9.71 Å². The average molecular weight is 348 g/mol. The molecular weight excluding hydrogens is 332 g/mol. The number of benzene rings is 3. The molecule has 0 aliphatic heterocycles. The highest BCUT2D eigenvalue weighted by atomic mass is 32.2. The van der Waals surface area contributed by atoms with Crippen LogP contribution in [0.5, 0.6) is 0 Å². The van der Waals surface area contributed by atoms with Crippen molar-refractivity contribution < 1.29 is 8.42 Å². The standard InChI is InChI=1S/C20H16N2O2S/c23-25(24,20-10-4-8-16-13-21-12-11-19(16)20)22-14-17-7-3-6-15-5-1-2-9-18(15)17/h1-13,22H,14H2. The van der Waals surface area contributed by atoms with Crippen molar-refractivity contribution in [1.29, 1.82) is 0 Å². The number of nitrogens with zero attached hydrogens (tertiary/aromatic N) is 1. The number of aromatic nitrogens is 1. The van der Waals surface area contributed by atoms with E-state index in [-0.39, 0.29) is 11.4 Å². The summed E-state index contributed by atoms with van der Waals surface area (Å²) >= 11 is 0. The Morgan fingerprint density at radius 2 is 1.56 bits per heavy atom. The molecule has 124 valence electrons. The van der Waals surface area contributed by atoms with E-state index in [0.717, 1.165) is 21.7 Å². The Hall–Kier alpha value is -2.76. The second-order valence-electron chi connectivity index (χ2n) is 5.82. The molecule has 0 atom stereocenters. The SMILES string of the molecule is O=S(=O)(NCc1cccc2ccccc12)c1cccc2cnccc12. The molecule has 4 nitrogen and oxygen atoms in total. The Morgan fingerprint density at radius 1 is 0.800 bits per heavy atom. The lowest BCUT2D eigenvalue weighted by molar-refractivity contribution is 0.582. The molecule has 0 spiro atoms. The van der Waals surface area contributed by atoms with Crippen molar-refractivity contribution in [3.8, 4) is 0 Å². The van der Waals surface area contributed by atoms with Gasteiger partial charge < -0.3 is 0 Å². The van der Waals surface area contributed by atoms with Crippen molar-refractivity contribution in [2.75, 3.05) is 0 Å². The highest BCUT2D eigenvalue weighted by molar-refractivity contribution is 7.89. The van der Waals surface area contributed by atoms with E-state index in [9.17, 15) is 8.42 Å². The third kappa shape index (κ3) is 2.99. The molecule has 0 aliphatic carbocycles. The molecule has 3 aromatic carbocycles. The first kappa shape index (κ1) is 15.7. The molecule has 4 rings (SSSR count). The van der Waals surface area contributed by atoms with Crippen LogP contribution in [0, 0.1) is 0 Å². The smallest absolute Gasteiger partial charge is 0.241 e. The van der Waals surface area contributed by atoms with E-state index >= 15 is 0 Å². The summed E-state index contributed by atoms with van der Waals surface area (Å²) in [6.45, 7) is 0.241. The Balaban J connectivity index is 1.70. The molecule has 0 saturated heterocycles. The van der Waals surface area contributed by atoms with Crippen LogP contribution in [0.2, 0.25) is 0 Å². The quantitative estimate of drug-likeness (QED) is 0.609. The van der Waals surface area contributed by atoms with Crippen LogP contribution in [0.15, 0.2) is 84.0 Å². The topological polar surface area (TPSA) is 59.1 Å². The Labute approximate surface area is 146 Å². The van der Waals surface area contributed by atoms with Crippen molar-refractivity contribution in [2.45, 2.75) is 11.4 Å². The summed E-state index contributed by atoms with van der Waals surface area (Å²) in [4.78, 5) is 4.32. The van der Waals surface area contributed by atoms with Crippen LogP contribution in [-0.2, 0) is 16.6 Å². The van der Waals surface area contributed by atoms with Gasteiger partial charge >= 0.3 is 0 Å². The van der Waals surface area contributed by atoms with Crippen LogP contribution in [0.3, 0.4) is 0 Å². The van der Waals surface area contributed by atoms with Gasteiger partial charge in [0.2, 0.25) is 10.0 Å². The van der Waals surface area contributed by atoms with Gasteiger partial charge in [-0.25, -0.2) is 13.1 Å². The van der Waals surface area contributed by atoms with Crippen LogP contribution in [-0.4, -0.2) is 13.4 Å². The second-order valence-corrected chi connectivity index (χ2v) is 7.55. The third-order valence-electron chi connectivity index (χ3n) is 4.26. The van der Waals surface area contributed by atoms with Gasteiger partial charge in [0.15, 0.2) is 0 Å². The van der Waals surface area contributed by atoms with Crippen LogP contribution in [0.4, 0.5) is 0 Å². The molecule has 1 heterocycles. The van der Waals surface area contributed by atoms with Gasteiger partial charge in [-0.05, 0) is 28.5 Å². The largest absolute Gasteiger partial charge is 0.264 e. The van der Waals surface area contributed by atoms with Gasteiger partial charge in [-0.1, -0.05) is 54.6 Å². The van der Waals surface area contributed by atoms with Crippen molar-refractivity contribution in [3.63, 3.8) is 0 Å². The summed E-state index contributed by atoms with van der Waals surface area (Å²) in [6, 6.07) is 20.8. The van der Waals surface area contributed by atoms with Crippen molar-refractivity contribution in [3.05, 3.63) is 84.7 Å². The van der Waals surface area contributed by atoms with E-state index < -0.39 is 10.0 Å². The fourth-order valence-corrected chi connectivity index (χ4v) is 4.26. The lowest BCUT2D eigenvalue weighted by Crippen LogP contribution is -2.23. The number of fused-ring (bicyclic) bond motifs is 2. The predicted molar refractivity (Wildman–Crippen MR) is 99.7 cm³/mol. The normalized spacial score (nSPS) is 11.8. The molecule has 1 N–H and O–H groups in total. The molecule has 0 fully saturated rings. The van der Waals surface area contributed by atoms with Crippen LogP contribution < -0.4 is 4.72 Å². The zero-order valence-electron chi connectivity index (χ0n) is 13.4. The van der Waals surface area contributed by atoms with Gasteiger partial charge in [0, 0.05) is 29.7 Å². The molecule has 0 unspecified atom stereocenters. The lowest BCUT2D eigenvalue weighted by atomic mass is 10.1. The van der Waals surface area contributed by atoms with Crippen molar-refractivity contribution in [2.24, 2.45) is 0 Å². The summed E-state index contributed by atoms with van der Waals surface area (Å²) < 4.78 is 28.4. The minimum absolute atomic E-state index is 0.241. The van der Waals surface area contributed by atoms with Crippen molar-refractivity contribution >= 4 is 31.6 Å². The number of pyridine rings is 1. The summed E-state index contributed by atoms with van der Waals surface area (Å²) in [5.41, 5.74) is 0.948. The number of rotatable bonds is 4. The molecule has 25 heavy (non-hydrogen) atoms. The van der Waals surface area contributed by atoms with Gasteiger partial charge in [0.05, 0.1) is 4.90 Å². The van der Waals surface area contributed by atoms with Gasteiger partial charge in [-0.15, -0.1) is 0 Å². The zero-order chi connectivity index (χ0) is 17.3. The molecule has 1 aromatic heterocycles. The fraction of sp³-hybridized carbons (Fsp3) is 0.0500. The maximum Gasteiger partial charge on any atom is 0.241 e. The van der Waals surface area contributed by atoms with Crippen LogP contribution in [0.1, 0.15) is 5.56 Å². The predicted octanol–water partition coefficient (Wildman–Crippen LogP) is 3.87. The molecular formula is C20H16N2O2S. The molecule has 4 aromatic rings. The van der Waals surface area contributed by atoms with Gasteiger partial charge in [0.1, 0.15) is 0 Å². The minimum atomic E-state index is -3.63. The minimum Gasteiger partial charge on any atom is -0.264 e. The second kappa shape index (κ2) is 6.27. The average Bonchev–Trinajstić information content (AvgIpc) is 2.66. The Bertz CT molecular complexity index is 1160. The molecule has 0 bridgehead atoms.